The normalized spacial score (nSPS) is 14.4. The summed E-state index contributed by atoms with van der Waals surface area (Å²) < 4.78 is 45.2. The monoisotopic (exact) mass is 338 g/mol. The Labute approximate surface area is 137 Å². The SMILES string of the molecule is Cc1ccc(S(=O)C[C@@H](OCc2ccccc2)C(C)(F)F)cc1. The Morgan fingerprint density at radius 1 is 1.09 bits per heavy atom. The second-order valence-electron chi connectivity index (χ2n) is 5.57. The zero-order chi connectivity index (χ0) is 16.9. The molecule has 2 atom stereocenters. The van der Waals surface area contributed by atoms with Crippen molar-refractivity contribution < 1.29 is 17.7 Å². The Morgan fingerprint density at radius 2 is 1.70 bits per heavy atom. The molecule has 2 aromatic carbocycles. The molecule has 0 spiro atoms. The highest BCUT2D eigenvalue weighted by Crippen LogP contribution is 2.24. The molecule has 0 N–H and O–H groups in total. The molecule has 0 aliphatic rings. The molecule has 0 heterocycles. The van der Waals surface area contributed by atoms with E-state index in [9.17, 15) is 13.0 Å². The fraction of sp³-hybridized carbons (Fsp3) is 0.333. The predicted octanol–water partition coefficient (Wildman–Crippen LogP) is 4.34. The highest BCUT2D eigenvalue weighted by Gasteiger charge is 2.36. The molecule has 0 saturated heterocycles. The van der Waals surface area contributed by atoms with E-state index in [0.717, 1.165) is 18.1 Å². The summed E-state index contributed by atoms with van der Waals surface area (Å²) in [6.45, 7) is 2.79. The Kier molecular flexibility index (Phi) is 6.02. The standard InChI is InChI=1S/C18H20F2O2S/c1-14-8-10-16(11-9-14)23(21)13-17(18(2,19)20)22-12-15-6-4-3-5-7-15/h3-11,17H,12-13H2,1-2H3/t17-,23?/m1/s1. The first-order chi connectivity index (χ1) is 10.9. The molecule has 0 aromatic heterocycles. The maximum atomic E-state index is 13.8. The molecule has 0 aliphatic carbocycles. The topological polar surface area (TPSA) is 26.3 Å². The Balaban J connectivity index is 2.04. The van der Waals surface area contributed by atoms with E-state index in [-0.39, 0.29) is 12.4 Å². The van der Waals surface area contributed by atoms with Crippen molar-refractivity contribution in [3.05, 3.63) is 65.7 Å². The van der Waals surface area contributed by atoms with Crippen LogP contribution in [0.1, 0.15) is 18.1 Å². The lowest BCUT2D eigenvalue weighted by Crippen LogP contribution is -2.37. The number of benzene rings is 2. The maximum Gasteiger partial charge on any atom is 0.271 e. The summed E-state index contributed by atoms with van der Waals surface area (Å²) in [6, 6.07) is 16.1. The van der Waals surface area contributed by atoms with Gasteiger partial charge in [-0.15, -0.1) is 0 Å². The number of hydrogen-bond acceptors (Lipinski definition) is 2. The van der Waals surface area contributed by atoms with Crippen LogP contribution in [0.2, 0.25) is 0 Å². The summed E-state index contributed by atoms with van der Waals surface area (Å²) >= 11 is 0. The largest absolute Gasteiger partial charge is 0.366 e. The van der Waals surface area contributed by atoms with E-state index in [1.165, 1.54) is 0 Å². The van der Waals surface area contributed by atoms with E-state index in [4.69, 9.17) is 4.74 Å². The average molecular weight is 338 g/mol. The number of halogens is 2. The fourth-order valence-electron chi connectivity index (χ4n) is 2.04. The number of rotatable bonds is 7. The molecule has 23 heavy (non-hydrogen) atoms. The van der Waals surface area contributed by atoms with Gasteiger partial charge in [0.2, 0.25) is 0 Å². The molecule has 2 rings (SSSR count). The van der Waals surface area contributed by atoms with Crippen LogP contribution in [-0.2, 0) is 22.1 Å². The summed E-state index contributed by atoms with van der Waals surface area (Å²) in [5.74, 6) is -3.30. The molecule has 0 saturated carbocycles. The Hall–Kier alpha value is -1.59. The van der Waals surface area contributed by atoms with Crippen LogP contribution >= 0.6 is 0 Å². The van der Waals surface area contributed by atoms with Gasteiger partial charge in [-0.1, -0.05) is 48.0 Å². The second kappa shape index (κ2) is 7.79. The van der Waals surface area contributed by atoms with Gasteiger partial charge in [-0.3, -0.25) is 4.21 Å². The quantitative estimate of drug-likeness (QED) is 0.750. The van der Waals surface area contributed by atoms with Crippen molar-refractivity contribution in [2.45, 2.75) is 37.4 Å². The van der Waals surface area contributed by atoms with E-state index >= 15 is 0 Å². The van der Waals surface area contributed by atoms with Gasteiger partial charge < -0.3 is 4.74 Å². The first-order valence-corrected chi connectivity index (χ1v) is 8.66. The minimum Gasteiger partial charge on any atom is -0.366 e. The van der Waals surface area contributed by atoms with Crippen LogP contribution < -0.4 is 0 Å². The van der Waals surface area contributed by atoms with Crippen molar-refractivity contribution in [1.82, 2.24) is 0 Å². The predicted molar refractivity (Wildman–Crippen MR) is 88.1 cm³/mol. The first-order valence-electron chi connectivity index (χ1n) is 7.34. The molecular weight excluding hydrogens is 318 g/mol. The van der Waals surface area contributed by atoms with Crippen molar-refractivity contribution in [3.8, 4) is 0 Å². The molecule has 0 radical (unpaired) electrons. The van der Waals surface area contributed by atoms with Crippen LogP contribution in [0.3, 0.4) is 0 Å². The van der Waals surface area contributed by atoms with E-state index in [0.29, 0.717) is 4.90 Å². The van der Waals surface area contributed by atoms with E-state index in [2.05, 4.69) is 0 Å². The second-order valence-corrected chi connectivity index (χ2v) is 7.06. The van der Waals surface area contributed by atoms with Gasteiger partial charge in [0.05, 0.1) is 23.2 Å². The number of aryl methyl sites for hydroxylation is 1. The fourth-order valence-corrected chi connectivity index (χ4v) is 3.33. The van der Waals surface area contributed by atoms with Gasteiger partial charge in [-0.25, -0.2) is 8.78 Å². The van der Waals surface area contributed by atoms with Crippen LogP contribution in [0, 0.1) is 6.92 Å². The molecule has 5 heteroatoms. The van der Waals surface area contributed by atoms with Gasteiger partial charge in [0.1, 0.15) is 6.10 Å². The molecular formula is C18H20F2O2S. The van der Waals surface area contributed by atoms with Crippen LogP contribution in [-0.4, -0.2) is 22.0 Å². The molecule has 0 amide bonds. The number of hydrogen-bond donors (Lipinski definition) is 0. The van der Waals surface area contributed by atoms with Crippen molar-refractivity contribution in [2.75, 3.05) is 5.75 Å². The third-order valence-corrected chi connectivity index (χ3v) is 4.85. The summed E-state index contributed by atoms with van der Waals surface area (Å²) in [5.41, 5.74) is 1.84. The molecule has 2 nitrogen and oxygen atoms in total. The number of ether oxygens (including phenoxy) is 1. The van der Waals surface area contributed by atoms with Crippen LogP contribution in [0.4, 0.5) is 8.78 Å². The molecule has 0 bridgehead atoms. The van der Waals surface area contributed by atoms with Crippen molar-refractivity contribution in [2.24, 2.45) is 0 Å². The van der Waals surface area contributed by atoms with Crippen molar-refractivity contribution in [1.29, 1.82) is 0 Å². The van der Waals surface area contributed by atoms with E-state index < -0.39 is 22.8 Å². The first kappa shape index (κ1) is 17.8. The zero-order valence-electron chi connectivity index (χ0n) is 13.2. The van der Waals surface area contributed by atoms with E-state index in [1.807, 2.05) is 49.4 Å². The number of alkyl halides is 2. The van der Waals surface area contributed by atoms with Crippen LogP contribution in [0.25, 0.3) is 0 Å². The van der Waals surface area contributed by atoms with Crippen LogP contribution in [0.15, 0.2) is 59.5 Å². The lowest BCUT2D eigenvalue weighted by Gasteiger charge is -2.23. The Morgan fingerprint density at radius 3 is 2.26 bits per heavy atom. The summed E-state index contributed by atoms with van der Waals surface area (Å²) in [7, 11) is -1.53. The molecule has 0 fully saturated rings. The van der Waals surface area contributed by atoms with Gasteiger partial charge in [0.15, 0.2) is 0 Å². The van der Waals surface area contributed by atoms with Gasteiger partial charge in [0, 0.05) is 11.8 Å². The molecule has 1 unspecified atom stereocenters. The Bertz CT molecular complexity index is 636. The lowest BCUT2D eigenvalue weighted by atomic mass is 10.2. The minimum absolute atomic E-state index is 0.0695. The average Bonchev–Trinajstić information content (AvgIpc) is 2.51. The highest BCUT2D eigenvalue weighted by molar-refractivity contribution is 7.85. The van der Waals surface area contributed by atoms with Gasteiger partial charge in [-0.2, -0.15) is 0 Å². The molecule has 2 aromatic rings. The minimum atomic E-state index is -3.06. The van der Waals surface area contributed by atoms with Crippen molar-refractivity contribution in [3.63, 3.8) is 0 Å². The van der Waals surface area contributed by atoms with Gasteiger partial charge >= 0.3 is 0 Å². The zero-order valence-corrected chi connectivity index (χ0v) is 14.0. The maximum absolute atomic E-state index is 13.8. The third-order valence-electron chi connectivity index (χ3n) is 3.45. The summed E-state index contributed by atoms with van der Waals surface area (Å²) in [6.07, 6.45) is -1.40. The third kappa shape index (κ3) is 5.52. The summed E-state index contributed by atoms with van der Waals surface area (Å²) in [4.78, 5) is 0.535. The molecule has 0 aliphatic heterocycles. The summed E-state index contributed by atoms with van der Waals surface area (Å²) in [5, 5.41) is 0. The van der Waals surface area contributed by atoms with E-state index in [1.54, 1.807) is 12.1 Å². The molecule has 124 valence electrons. The van der Waals surface area contributed by atoms with Gasteiger partial charge in [0.25, 0.3) is 5.92 Å². The smallest absolute Gasteiger partial charge is 0.271 e. The van der Waals surface area contributed by atoms with Gasteiger partial charge in [-0.05, 0) is 24.6 Å². The highest BCUT2D eigenvalue weighted by atomic mass is 32.2. The van der Waals surface area contributed by atoms with Crippen molar-refractivity contribution >= 4 is 10.8 Å². The van der Waals surface area contributed by atoms with Crippen LogP contribution in [0.5, 0.6) is 0 Å². The lowest BCUT2D eigenvalue weighted by molar-refractivity contribution is -0.120.